The molecule has 1 saturated heterocycles. The Hall–Kier alpha value is -1.96. The van der Waals surface area contributed by atoms with E-state index in [0.29, 0.717) is 11.8 Å². The van der Waals surface area contributed by atoms with Crippen molar-refractivity contribution < 1.29 is 9.16 Å². The van der Waals surface area contributed by atoms with Crippen LogP contribution in [0.5, 0.6) is 5.88 Å². The minimum absolute atomic E-state index is 0.170. The molecule has 3 heterocycles. The van der Waals surface area contributed by atoms with Gasteiger partial charge in [0.1, 0.15) is 0 Å². The third-order valence-corrected chi connectivity index (χ3v) is 11.6. The van der Waals surface area contributed by atoms with E-state index < -0.39 is 8.32 Å². The maximum atomic E-state index is 6.79. The zero-order valence-electron chi connectivity index (χ0n) is 22.1. The molecule has 7 heteroatoms. The average Bonchev–Trinajstić information content (AvgIpc) is 3.04. The van der Waals surface area contributed by atoms with Crippen molar-refractivity contribution >= 4 is 14.0 Å². The fourth-order valence-corrected chi connectivity index (χ4v) is 5.39. The second-order valence-corrected chi connectivity index (χ2v) is 16.0. The van der Waals surface area contributed by atoms with Crippen molar-refractivity contribution in [2.75, 3.05) is 32.6 Å². The normalized spacial score (nSPS) is 19.8. The first kappa shape index (κ1) is 25.7. The lowest BCUT2D eigenvalue weighted by Gasteiger charge is -2.39. The van der Waals surface area contributed by atoms with Gasteiger partial charge in [-0.2, -0.15) is 0 Å². The molecule has 33 heavy (non-hydrogen) atoms. The highest BCUT2D eigenvalue weighted by Crippen LogP contribution is 2.38. The topological polar surface area (TPSA) is 59.5 Å². The first-order chi connectivity index (χ1) is 15.3. The number of nitrogens with one attached hydrogen (secondary N) is 1. The number of rotatable bonds is 7. The minimum atomic E-state index is -1.85. The van der Waals surface area contributed by atoms with Crippen molar-refractivity contribution in [1.29, 1.82) is 0 Å². The van der Waals surface area contributed by atoms with Gasteiger partial charge in [-0.1, -0.05) is 34.6 Å². The predicted octanol–water partition coefficient (Wildman–Crippen LogP) is 5.70. The zero-order valence-corrected chi connectivity index (χ0v) is 23.1. The third-order valence-electron chi connectivity index (χ3n) is 7.05. The lowest BCUT2D eigenvalue weighted by molar-refractivity contribution is 0.180. The van der Waals surface area contributed by atoms with Gasteiger partial charge in [0.05, 0.1) is 42.4 Å². The first-order valence-electron chi connectivity index (χ1n) is 12.0. The van der Waals surface area contributed by atoms with Gasteiger partial charge >= 0.3 is 0 Å². The van der Waals surface area contributed by atoms with E-state index in [4.69, 9.17) is 14.1 Å². The Balaban J connectivity index is 1.81. The summed E-state index contributed by atoms with van der Waals surface area (Å²) >= 11 is 0. The predicted molar refractivity (Wildman–Crippen MR) is 140 cm³/mol. The molecule has 0 bridgehead atoms. The number of ether oxygens (including phenoxy) is 1. The Morgan fingerprint density at radius 3 is 2.45 bits per heavy atom. The highest BCUT2D eigenvalue weighted by Gasteiger charge is 2.43. The molecule has 0 spiro atoms. The molecule has 1 N–H and O–H groups in total. The molecule has 0 radical (unpaired) electrons. The Kier molecular flexibility index (Phi) is 7.56. The van der Waals surface area contributed by atoms with Gasteiger partial charge in [-0.3, -0.25) is 4.98 Å². The van der Waals surface area contributed by atoms with Crippen molar-refractivity contribution in [3.05, 3.63) is 35.7 Å². The number of hydrogen-bond donors (Lipinski definition) is 1. The van der Waals surface area contributed by atoms with E-state index in [1.54, 1.807) is 7.11 Å². The summed E-state index contributed by atoms with van der Waals surface area (Å²) in [6.07, 6.45) is 2.09. The number of pyridine rings is 2. The molecular formula is C26H42N4O2Si. The van der Waals surface area contributed by atoms with Gasteiger partial charge in [-0.05, 0) is 61.8 Å². The molecule has 0 saturated carbocycles. The molecule has 2 atom stereocenters. The molecule has 0 amide bonds. The van der Waals surface area contributed by atoms with E-state index >= 15 is 0 Å². The van der Waals surface area contributed by atoms with Crippen LogP contribution in [0.1, 0.15) is 51.8 Å². The number of likely N-dealkylation sites (tertiary alicyclic amines) is 1. The van der Waals surface area contributed by atoms with Crippen LogP contribution in [-0.2, 0) is 4.43 Å². The van der Waals surface area contributed by atoms with Crippen LogP contribution in [0.15, 0.2) is 24.4 Å². The number of anilines is 1. The highest BCUT2D eigenvalue weighted by molar-refractivity contribution is 6.74. The first-order valence-corrected chi connectivity index (χ1v) is 14.9. The number of aryl methyl sites for hydroxylation is 1. The smallest absolute Gasteiger partial charge is 0.222 e. The minimum Gasteiger partial charge on any atom is -0.480 e. The van der Waals surface area contributed by atoms with Crippen molar-refractivity contribution in [3.63, 3.8) is 0 Å². The van der Waals surface area contributed by atoms with Gasteiger partial charge in [0, 0.05) is 18.8 Å². The summed E-state index contributed by atoms with van der Waals surface area (Å²) in [4.78, 5) is 11.8. The molecule has 0 aromatic carbocycles. The van der Waals surface area contributed by atoms with Crippen molar-refractivity contribution in [3.8, 4) is 17.1 Å². The number of nitrogens with zero attached hydrogens (tertiary/aromatic N) is 3. The van der Waals surface area contributed by atoms with E-state index in [-0.39, 0.29) is 17.2 Å². The van der Waals surface area contributed by atoms with Gasteiger partial charge in [0.15, 0.2) is 8.32 Å². The lowest BCUT2D eigenvalue weighted by atomic mass is 10.0. The summed E-state index contributed by atoms with van der Waals surface area (Å²) in [5.41, 5.74) is 4.95. The van der Waals surface area contributed by atoms with Crippen LogP contribution >= 0.6 is 0 Å². The standard InChI is InChI=1S/C26H42N4O2Si/c1-17(2)21-12-11-20(25(29-21)31-8)24-18(3)13-19(14-27-24)28-22-15-30(7)16-23(22)32-33(9,10)26(4,5)6/h11-14,17,22-23,28H,15-16H2,1-10H3/t22-,23+/m1/s1. The van der Waals surface area contributed by atoms with Gasteiger partial charge in [0.25, 0.3) is 0 Å². The number of aromatic nitrogens is 2. The molecular weight excluding hydrogens is 428 g/mol. The van der Waals surface area contributed by atoms with E-state index in [0.717, 1.165) is 41.3 Å². The van der Waals surface area contributed by atoms with Crippen molar-refractivity contribution in [2.24, 2.45) is 0 Å². The molecule has 6 nitrogen and oxygen atoms in total. The van der Waals surface area contributed by atoms with Crippen LogP contribution in [0.2, 0.25) is 18.1 Å². The van der Waals surface area contributed by atoms with E-state index in [1.165, 1.54) is 0 Å². The van der Waals surface area contributed by atoms with Crippen LogP contribution in [0.25, 0.3) is 11.3 Å². The Labute approximate surface area is 201 Å². The number of methoxy groups -OCH3 is 1. The summed E-state index contributed by atoms with van der Waals surface area (Å²) in [7, 11) is 1.98. The fourth-order valence-electron chi connectivity index (χ4n) is 4.04. The van der Waals surface area contributed by atoms with Gasteiger partial charge < -0.3 is 19.4 Å². The summed E-state index contributed by atoms with van der Waals surface area (Å²) in [5, 5.41) is 3.90. The average molecular weight is 471 g/mol. The van der Waals surface area contributed by atoms with E-state index in [2.05, 4.69) is 95.1 Å². The lowest BCUT2D eigenvalue weighted by Crippen LogP contribution is -2.48. The molecule has 2 aromatic rings. The number of likely N-dealkylation sites (N-methyl/N-ethyl adjacent to an activating group) is 1. The SMILES string of the molecule is COc1nc(C(C)C)ccc1-c1ncc(N[C@@H]2CN(C)C[C@@H]2O[Si](C)(C)C(C)(C)C)cc1C. The maximum absolute atomic E-state index is 6.79. The van der Waals surface area contributed by atoms with Crippen molar-refractivity contribution in [2.45, 2.75) is 77.7 Å². The Bertz CT molecular complexity index is 971. The molecule has 0 unspecified atom stereocenters. The zero-order chi connectivity index (χ0) is 24.6. The molecule has 1 aliphatic heterocycles. The van der Waals surface area contributed by atoms with Crippen LogP contribution in [0, 0.1) is 6.92 Å². The quantitative estimate of drug-likeness (QED) is 0.524. The largest absolute Gasteiger partial charge is 0.480 e. The Morgan fingerprint density at radius 2 is 1.88 bits per heavy atom. The van der Waals surface area contributed by atoms with Crippen LogP contribution < -0.4 is 10.1 Å². The van der Waals surface area contributed by atoms with Crippen molar-refractivity contribution in [1.82, 2.24) is 14.9 Å². The summed E-state index contributed by atoms with van der Waals surface area (Å²) in [6.45, 7) is 19.8. The van der Waals surface area contributed by atoms with Crippen LogP contribution in [0.4, 0.5) is 5.69 Å². The molecule has 1 fully saturated rings. The second-order valence-electron chi connectivity index (χ2n) is 11.2. The summed E-state index contributed by atoms with van der Waals surface area (Å²) in [6, 6.07) is 6.53. The number of hydrogen-bond acceptors (Lipinski definition) is 6. The summed E-state index contributed by atoms with van der Waals surface area (Å²) < 4.78 is 12.4. The fraction of sp³-hybridized carbons (Fsp3) is 0.615. The van der Waals surface area contributed by atoms with E-state index in [1.807, 2.05) is 6.20 Å². The third kappa shape index (κ3) is 5.76. The highest BCUT2D eigenvalue weighted by atomic mass is 28.4. The van der Waals surface area contributed by atoms with Gasteiger partial charge in [-0.15, -0.1) is 0 Å². The second kappa shape index (κ2) is 9.72. The molecule has 1 aliphatic rings. The monoisotopic (exact) mass is 470 g/mol. The summed E-state index contributed by atoms with van der Waals surface area (Å²) in [5.74, 6) is 0.970. The molecule has 0 aliphatic carbocycles. The molecule has 2 aromatic heterocycles. The maximum Gasteiger partial charge on any atom is 0.222 e. The molecule has 3 rings (SSSR count). The van der Waals surface area contributed by atoms with Crippen LogP contribution in [-0.4, -0.2) is 62.6 Å². The van der Waals surface area contributed by atoms with Gasteiger partial charge in [-0.25, -0.2) is 4.98 Å². The van der Waals surface area contributed by atoms with Gasteiger partial charge in [0.2, 0.25) is 5.88 Å². The molecule has 182 valence electrons. The van der Waals surface area contributed by atoms with Crippen LogP contribution in [0.3, 0.4) is 0 Å². The Morgan fingerprint density at radius 1 is 1.18 bits per heavy atom. The van der Waals surface area contributed by atoms with E-state index in [9.17, 15) is 0 Å².